The average Bonchev–Trinajstić information content (AvgIpc) is 3.17. The largest absolute Gasteiger partial charge is 0.311 e. The monoisotopic (exact) mass is 277 g/mol. The molecule has 0 spiro atoms. The number of halogens is 1. The van der Waals surface area contributed by atoms with Crippen LogP contribution >= 0.6 is 11.6 Å². The van der Waals surface area contributed by atoms with Crippen LogP contribution in [0.3, 0.4) is 0 Å². The predicted octanol–water partition coefficient (Wildman–Crippen LogP) is 4.75. The molecule has 0 radical (unpaired) electrons. The molecule has 0 aliphatic heterocycles. The van der Waals surface area contributed by atoms with Crippen LogP contribution in [0.4, 0.5) is 0 Å². The minimum Gasteiger partial charge on any atom is -0.311 e. The molecule has 1 N–H and O–H groups in total. The number of nitrogens with one attached hydrogen (secondary N) is 1. The molecule has 0 saturated heterocycles. The Morgan fingerprint density at radius 3 is 2.47 bits per heavy atom. The fourth-order valence-electron chi connectivity index (χ4n) is 3.20. The van der Waals surface area contributed by atoms with E-state index in [-0.39, 0.29) is 0 Å². The minimum absolute atomic E-state index is 0.740. The second-order valence-corrected chi connectivity index (χ2v) is 6.80. The Bertz CT molecular complexity index is 404. The first-order valence-electron chi connectivity index (χ1n) is 7.76. The van der Waals surface area contributed by atoms with Crippen LogP contribution in [-0.2, 0) is 0 Å². The van der Waals surface area contributed by atoms with Gasteiger partial charge in [-0.3, -0.25) is 0 Å². The van der Waals surface area contributed by atoms with E-state index in [1.807, 2.05) is 12.1 Å². The summed E-state index contributed by atoms with van der Waals surface area (Å²) in [6.45, 7) is 2.31. The molecular weight excluding hydrogens is 254 g/mol. The highest BCUT2D eigenvalue weighted by molar-refractivity contribution is 6.30. The van der Waals surface area contributed by atoms with Crippen LogP contribution in [0.5, 0.6) is 0 Å². The van der Waals surface area contributed by atoms with Crippen LogP contribution in [0.1, 0.15) is 56.9 Å². The van der Waals surface area contributed by atoms with Crippen molar-refractivity contribution in [2.75, 3.05) is 0 Å². The Labute approximate surface area is 121 Å². The summed E-state index contributed by atoms with van der Waals surface area (Å²) in [5.41, 5.74) is 1.46. The lowest BCUT2D eigenvalue weighted by molar-refractivity contribution is 0.252. The maximum absolute atomic E-state index is 5.94. The summed E-state index contributed by atoms with van der Waals surface area (Å²) in [5.74, 6) is 1.78. The summed E-state index contributed by atoms with van der Waals surface area (Å²) in [6.07, 6.45) is 8.20. The Hall–Kier alpha value is -0.530. The quantitative estimate of drug-likeness (QED) is 0.791. The van der Waals surface area contributed by atoms with Crippen molar-refractivity contribution in [3.8, 4) is 0 Å². The van der Waals surface area contributed by atoms with E-state index in [4.69, 9.17) is 11.6 Å². The van der Waals surface area contributed by atoms with Crippen molar-refractivity contribution in [2.24, 2.45) is 5.92 Å². The van der Waals surface area contributed by atoms with E-state index >= 15 is 0 Å². The summed E-state index contributed by atoms with van der Waals surface area (Å²) in [7, 11) is 0. The zero-order chi connectivity index (χ0) is 13.2. The smallest absolute Gasteiger partial charge is 0.0406 e. The number of rotatable bonds is 6. The Morgan fingerprint density at radius 1 is 1.21 bits per heavy atom. The van der Waals surface area contributed by atoms with Gasteiger partial charge in [0.25, 0.3) is 0 Å². The molecule has 0 amide bonds. The Kier molecular flexibility index (Phi) is 4.14. The fraction of sp³-hybridized carbons (Fsp3) is 0.647. The van der Waals surface area contributed by atoms with E-state index in [0.29, 0.717) is 0 Å². The summed E-state index contributed by atoms with van der Waals surface area (Å²) in [5, 5.41) is 4.70. The second-order valence-electron chi connectivity index (χ2n) is 6.37. The van der Waals surface area contributed by atoms with Crippen LogP contribution in [0.15, 0.2) is 24.3 Å². The van der Waals surface area contributed by atoms with E-state index in [2.05, 4.69) is 24.4 Å². The van der Waals surface area contributed by atoms with E-state index in [1.165, 1.54) is 44.1 Å². The average molecular weight is 278 g/mol. The lowest BCUT2D eigenvalue weighted by Crippen LogP contribution is -2.45. The van der Waals surface area contributed by atoms with Gasteiger partial charge in [-0.1, -0.05) is 43.5 Å². The first-order chi connectivity index (χ1) is 9.24. The molecule has 2 heteroatoms. The third-order valence-electron chi connectivity index (χ3n) is 4.76. The van der Waals surface area contributed by atoms with Crippen molar-refractivity contribution in [3.05, 3.63) is 34.9 Å². The summed E-state index contributed by atoms with van der Waals surface area (Å²) in [4.78, 5) is 0. The summed E-state index contributed by atoms with van der Waals surface area (Å²) < 4.78 is 0. The van der Waals surface area contributed by atoms with E-state index in [1.54, 1.807) is 0 Å². The lowest BCUT2D eigenvalue weighted by atomic mass is 9.75. The van der Waals surface area contributed by atoms with Crippen LogP contribution in [0, 0.1) is 5.92 Å². The van der Waals surface area contributed by atoms with Gasteiger partial charge in [0, 0.05) is 17.1 Å². The molecule has 2 saturated carbocycles. The molecule has 2 aliphatic carbocycles. The molecule has 0 bridgehead atoms. The van der Waals surface area contributed by atoms with Crippen molar-refractivity contribution in [2.45, 2.75) is 63.5 Å². The third kappa shape index (κ3) is 3.52. The topological polar surface area (TPSA) is 12.0 Å². The molecule has 3 rings (SSSR count). The summed E-state index contributed by atoms with van der Waals surface area (Å²) in [6, 6.07) is 9.89. The molecule has 2 aliphatic rings. The highest BCUT2D eigenvalue weighted by Gasteiger charge is 2.32. The van der Waals surface area contributed by atoms with Gasteiger partial charge in [-0.25, -0.2) is 0 Å². The Morgan fingerprint density at radius 2 is 1.89 bits per heavy atom. The third-order valence-corrected chi connectivity index (χ3v) is 5.01. The molecule has 1 aromatic rings. The van der Waals surface area contributed by atoms with Gasteiger partial charge < -0.3 is 5.32 Å². The molecule has 1 atom stereocenters. The van der Waals surface area contributed by atoms with Crippen LogP contribution < -0.4 is 5.32 Å². The second kappa shape index (κ2) is 5.85. The van der Waals surface area contributed by atoms with Crippen molar-refractivity contribution < 1.29 is 0 Å². The lowest BCUT2D eigenvalue weighted by Gasteiger charge is -2.39. The SMILES string of the molecule is CCC(CC1CC1)NC1CC(c2ccc(Cl)cc2)C1. The first kappa shape index (κ1) is 13.5. The maximum atomic E-state index is 5.94. The molecule has 19 heavy (non-hydrogen) atoms. The molecule has 104 valence electrons. The van der Waals surface area contributed by atoms with Gasteiger partial charge in [0.05, 0.1) is 0 Å². The first-order valence-corrected chi connectivity index (χ1v) is 8.14. The van der Waals surface area contributed by atoms with Gasteiger partial charge in [-0.15, -0.1) is 0 Å². The molecule has 0 aromatic heterocycles. The van der Waals surface area contributed by atoms with Gasteiger partial charge in [-0.05, 0) is 55.2 Å². The zero-order valence-electron chi connectivity index (χ0n) is 11.7. The molecule has 0 heterocycles. The zero-order valence-corrected chi connectivity index (χ0v) is 12.5. The molecule has 1 nitrogen and oxygen atoms in total. The van der Waals surface area contributed by atoms with Crippen LogP contribution in [-0.4, -0.2) is 12.1 Å². The van der Waals surface area contributed by atoms with Gasteiger partial charge in [0.2, 0.25) is 0 Å². The van der Waals surface area contributed by atoms with Crippen LogP contribution in [0.2, 0.25) is 5.02 Å². The molecular formula is C17H24ClN. The van der Waals surface area contributed by atoms with Gasteiger partial charge in [0.15, 0.2) is 0 Å². The van der Waals surface area contributed by atoms with Crippen molar-refractivity contribution >= 4 is 11.6 Å². The van der Waals surface area contributed by atoms with Crippen LogP contribution in [0.25, 0.3) is 0 Å². The van der Waals surface area contributed by atoms with E-state index in [0.717, 1.165) is 28.9 Å². The summed E-state index contributed by atoms with van der Waals surface area (Å²) >= 11 is 5.94. The minimum atomic E-state index is 0.740. The highest BCUT2D eigenvalue weighted by Crippen LogP contribution is 2.39. The number of hydrogen-bond acceptors (Lipinski definition) is 1. The van der Waals surface area contributed by atoms with E-state index < -0.39 is 0 Å². The number of benzene rings is 1. The molecule has 1 aromatic carbocycles. The van der Waals surface area contributed by atoms with Crippen molar-refractivity contribution in [1.82, 2.24) is 5.32 Å². The normalized spacial score (nSPS) is 27.9. The van der Waals surface area contributed by atoms with Crippen molar-refractivity contribution in [1.29, 1.82) is 0 Å². The highest BCUT2D eigenvalue weighted by atomic mass is 35.5. The van der Waals surface area contributed by atoms with E-state index in [9.17, 15) is 0 Å². The standard InChI is InChI=1S/C17H24ClN/c1-2-16(9-12-3-4-12)19-17-10-14(11-17)13-5-7-15(18)8-6-13/h5-8,12,14,16-17,19H,2-4,9-11H2,1H3. The molecule has 1 unspecified atom stereocenters. The molecule has 2 fully saturated rings. The predicted molar refractivity (Wildman–Crippen MR) is 81.8 cm³/mol. The Balaban J connectivity index is 1.45. The maximum Gasteiger partial charge on any atom is 0.0406 e. The van der Waals surface area contributed by atoms with Gasteiger partial charge >= 0.3 is 0 Å². The number of hydrogen-bond donors (Lipinski definition) is 1. The fourth-order valence-corrected chi connectivity index (χ4v) is 3.33. The van der Waals surface area contributed by atoms with Gasteiger partial charge in [0.1, 0.15) is 0 Å². The van der Waals surface area contributed by atoms with Crippen molar-refractivity contribution in [3.63, 3.8) is 0 Å². The van der Waals surface area contributed by atoms with Gasteiger partial charge in [-0.2, -0.15) is 0 Å².